The normalized spacial score (nSPS) is 12.2. The lowest BCUT2D eigenvalue weighted by atomic mass is 10.00. The molecule has 0 fully saturated rings. The van der Waals surface area contributed by atoms with E-state index in [-0.39, 0.29) is 11.9 Å². The zero-order valence-corrected chi connectivity index (χ0v) is 14.1. The molecule has 0 aliphatic heterocycles. The van der Waals surface area contributed by atoms with Gasteiger partial charge in [-0.15, -0.1) is 0 Å². The van der Waals surface area contributed by atoms with Crippen LogP contribution in [0.15, 0.2) is 48.5 Å². The van der Waals surface area contributed by atoms with Gasteiger partial charge in [0.1, 0.15) is 5.75 Å². The van der Waals surface area contributed by atoms with Gasteiger partial charge in [-0.05, 0) is 55.7 Å². The molecule has 0 spiro atoms. The molecule has 2 aromatic rings. The summed E-state index contributed by atoms with van der Waals surface area (Å²) in [5.74, 6) is 0.664. The SMILES string of the molecule is COc1cccc(/C=C/C(=O)NC(C)c2cc(C)ccc2C)c1. The number of nitrogens with one attached hydrogen (secondary N) is 1. The smallest absolute Gasteiger partial charge is 0.244 e. The summed E-state index contributed by atoms with van der Waals surface area (Å²) in [4.78, 5) is 12.1. The van der Waals surface area contributed by atoms with Crippen molar-refractivity contribution >= 4 is 12.0 Å². The molecule has 2 aromatic carbocycles. The Kier molecular flexibility index (Phi) is 5.58. The van der Waals surface area contributed by atoms with Crippen molar-refractivity contribution in [2.45, 2.75) is 26.8 Å². The van der Waals surface area contributed by atoms with Crippen LogP contribution in [0.2, 0.25) is 0 Å². The van der Waals surface area contributed by atoms with E-state index < -0.39 is 0 Å². The van der Waals surface area contributed by atoms with Crippen molar-refractivity contribution in [3.63, 3.8) is 0 Å². The molecular formula is C20H23NO2. The number of ether oxygens (including phenoxy) is 1. The number of methoxy groups -OCH3 is 1. The third-order valence-corrected chi connectivity index (χ3v) is 3.78. The Morgan fingerprint density at radius 1 is 1.17 bits per heavy atom. The molecule has 0 radical (unpaired) electrons. The second kappa shape index (κ2) is 7.63. The average Bonchev–Trinajstić information content (AvgIpc) is 2.55. The summed E-state index contributed by atoms with van der Waals surface area (Å²) in [5.41, 5.74) is 4.45. The van der Waals surface area contributed by atoms with E-state index in [0.717, 1.165) is 16.9 Å². The first-order chi connectivity index (χ1) is 11.0. The lowest BCUT2D eigenvalue weighted by Crippen LogP contribution is -2.25. The van der Waals surface area contributed by atoms with Crippen LogP contribution in [0.1, 0.15) is 35.2 Å². The molecule has 0 bridgehead atoms. The molecule has 120 valence electrons. The molecule has 0 aromatic heterocycles. The zero-order chi connectivity index (χ0) is 16.8. The Bertz CT molecular complexity index is 719. The molecule has 0 aliphatic carbocycles. The van der Waals surface area contributed by atoms with Gasteiger partial charge in [-0.1, -0.05) is 35.9 Å². The Hall–Kier alpha value is -2.55. The van der Waals surface area contributed by atoms with Gasteiger partial charge in [-0.2, -0.15) is 0 Å². The molecule has 0 heterocycles. The summed E-state index contributed by atoms with van der Waals surface area (Å²) in [5, 5.41) is 3.01. The van der Waals surface area contributed by atoms with Crippen LogP contribution in [0.25, 0.3) is 6.08 Å². The first-order valence-electron chi connectivity index (χ1n) is 7.69. The molecule has 3 heteroatoms. The average molecular weight is 309 g/mol. The number of hydrogen-bond donors (Lipinski definition) is 1. The Morgan fingerprint density at radius 2 is 1.96 bits per heavy atom. The van der Waals surface area contributed by atoms with Crippen LogP contribution in [-0.4, -0.2) is 13.0 Å². The second-order valence-corrected chi connectivity index (χ2v) is 5.70. The predicted molar refractivity (Wildman–Crippen MR) is 94.5 cm³/mol. The first-order valence-corrected chi connectivity index (χ1v) is 7.69. The van der Waals surface area contributed by atoms with Crippen molar-refractivity contribution in [2.75, 3.05) is 7.11 Å². The molecular weight excluding hydrogens is 286 g/mol. The minimum absolute atomic E-state index is 0.0302. The largest absolute Gasteiger partial charge is 0.497 e. The summed E-state index contributed by atoms with van der Waals surface area (Å²) >= 11 is 0. The van der Waals surface area contributed by atoms with E-state index in [1.165, 1.54) is 11.1 Å². The van der Waals surface area contributed by atoms with E-state index in [2.05, 4.69) is 37.4 Å². The van der Waals surface area contributed by atoms with Crippen molar-refractivity contribution in [3.8, 4) is 5.75 Å². The van der Waals surface area contributed by atoms with E-state index in [9.17, 15) is 4.79 Å². The summed E-state index contributed by atoms with van der Waals surface area (Å²) in [7, 11) is 1.63. The number of benzene rings is 2. The van der Waals surface area contributed by atoms with Gasteiger partial charge in [0.05, 0.1) is 13.2 Å². The van der Waals surface area contributed by atoms with Crippen LogP contribution in [0.3, 0.4) is 0 Å². The van der Waals surface area contributed by atoms with Crippen molar-refractivity contribution in [3.05, 3.63) is 70.8 Å². The molecule has 0 saturated heterocycles. The van der Waals surface area contributed by atoms with E-state index in [0.29, 0.717) is 0 Å². The number of hydrogen-bond acceptors (Lipinski definition) is 2. The van der Waals surface area contributed by atoms with E-state index in [4.69, 9.17) is 4.74 Å². The van der Waals surface area contributed by atoms with E-state index >= 15 is 0 Å². The van der Waals surface area contributed by atoms with Crippen molar-refractivity contribution in [2.24, 2.45) is 0 Å². The molecule has 23 heavy (non-hydrogen) atoms. The van der Waals surface area contributed by atoms with Gasteiger partial charge in [0.25, 0.3) is 0 Å². The van der Waals surface area contributed by atoms with Gasteiger partial charge in [0, 0.05) is 6.08 Å². The molecule has 1 unspecified atom stereocenters. The standard InChI is InChI=1S/C20H23NO2/c1-14-8-9-15(2)19(12-14)16(3)21-20(22)11-10-17-6-5-7-18(13-17)23-4/h5-13,16H,1-4H3,(H,21,22)/b11-10+. The summed E-state index contributed by atoms with van der Waals surface area (Å²) in [6.45, 7) is 6.11. The van der Waals surface area contributed by atoms with Crippen LogP contribution < -0.4 is 10.1 Å². The van der Waals surface area contributed by atoms with Crippen LogP contribution in [-0.2, 0) is 4.79 Å². The van der Waals surface area contributed by atoms with Crippen LogP contribution in [0, 0.1) is 13.8 Å². The van der Waals surface area contributed by atoms with Crippen molar-refractivity contribution < 1.29 is 9.53 Å². The monoisotopic (exact) mass is 309 g/mol. The highest BCUT2D eigenvalue weighted by atomic mass is 16.5. The molecule has 1 N–H and O–H groups in total. The molecule has 0 aliphatic rings. The third-order valence-electron chi connectivity index (χ3n) is 3.78. The number of amides is 1. The minimum atomic E-state index is -0.110. The highest BCUT2D eigenvalue weighted by Gasteiger charge is 2.10. The fourth-order valence-electron chi connectivity index (χ4n) is 2.48. The van der Waals surface area contributed by atoms with Gasteiger partial charge in [0.2, 0.25) is 5.91 Å². The van der Waals surface area contributed by atoms with Crippen LogP contribution in [0.5, 0.6) is 5.75 Å². The number of aryl methyl sites for hydroxylation is 2. The van der Waals surface area contributed by atoms with Crippen LogP contribution in [0.4, 0.5) is 0 Å². The Labute approximate surface area is 138 Å². The predicted octanol–water partition coefficient (Wildman–Crippen LogP) is 4.20. The number of rotatable bonds is 5. The summed E-state index contributed by atoms with van der Waals surface area (Å²) in [6.07, 6.45) is 3.34. The minimum Gasteiger partial charge on any atom is -0.497 e. The summed E-state index contributed by atoms with van der Waals surface area (Å²) in [6, 6.07) is 13.8. The number of carbonyl (C=O) groups excluding carboxylic acids is 1. The Morgan fingerprint density at radius 3 is 2.70 bits per heavy atom. The van der Waals surface area contributed by atoms with Gasteiger partial charge in [0.15, 0.2) is 0 Å². The second-order valence-electron chi connectivity index (χ2n) is 5.70. The molecule has 2 rings (SSSR count). The fourth-order valence-corrected chi connectivity index (χ4v) is 2.48. The highest BCUT2D eigenvalue weighted by Crippen LogP contribution is 2.19. The lowest BCUT2D eigenvalue weighted by Gasteiger charge is -2.16. The van der Waals surface area contributed by atoms with Gasteiger partial charge in [-0.25, -0.2) is 0 Å². The zero-order valence-electron chi connectivity index (χ0n) is 14.1. The fraction of sp³-hybridized carbons (Fsp3) is 0.250. The third kappa shape index (κ3) is 4.71. The maximum atomic E-state index is 12.1. The number of carbonyl (C=O) groups is 1. The van der Waals surface area contributed by atoms with E-state index in [1.54, 1.807) is 19.3 Å². The maximum absolute atomic E-state index is 12.1. The first kappa shape index (κ1) is 16.8. The Balaban J connectivity index is 2.03. The molecule has 3 nitrogen and oxygen atoms in total. The molecule has 1 atom stereocenters. The maximum Gasteiger partial charge on any atom is 0.244 e. The van der Waals surface area contributed by atoms with Crippen molar-refractivity contribution in [1.82, 2.24) is 5.32 Å². The van der Waals surface area contributed by atoms with Gasteiger partial charge < -0.3 is 10.1 Å². The highest BCUT2D eigenvalue weighted by molar-refractivity contribution is 5.92. The summed E-state index contributed by atoms with van der Waals surface area (Å²) < 4.78 is 5.17. The van der Waals surface area contributed by atoms with Crippen molar-refractivity contribution in [1.29, 1.82) is 0 Å². The van der Waals surface area contributed by atoms with Gasteiger partial charge >= 0.3 is 0 Å². The quantitative estimate of drug-likeness (QED) is 0.841. The molecule has 1 amide bonds. The molecule has 0 saturated carbocycles. The lowest BCUT2D eigenvalue weighted by molar-refractivity contribution is -0.117. The van der Waals surface area contributed by atoms with Gasteiger partial charge in [-0.3, -0.25) is 4.79 Å². The topological polar surface area (TPSA) is 38.3 Å². The van der Waals surface area contributed by atoms with Crippen LogP contribution >= 0.6 is 0 Å². The van der Waals surface area contributed by atoms with E-state index in [1.807, 2.05) is 31.2 Å².